The molecule has 0 saturated heterocycles. The topological polar surface area (TPSA) is 38.7 Å². The number of hydrogen-bond donors (Lipinski definition) is 1. The van der Waals surface area contributed by atoms with Crippen LogP contribution in [0.4, 0.5) is 0 Å². The average Bonchev–Trinajstić information content (AvgIpc) is 2.74. The summed E-state index contributed by atoms with van der Waals surface area (Å²) < 4.78 is 12.5. The molecular weight excluding hydrogens is 408 g/mol. The predicted molar refractivity (Wildman–Crippen MR) is 142 cm³/mol. The molecule has 3 heteroatoms. The molecule has 0 amide bonds. The van der Waals surface area contributed by atoms with E-state index in [0.717, 1.165) is 38.0 Å². The Morgan fingerprint density at radius 3 is 1.61 bits per heavy atom. The van der Waals surface area contributed by atoms with Gasteiger partial charge in [0.05, 0.1) is 11.2 Å². The van der Waals surface area contributed by atoms with E-state index in [1.807, 2.05) is 6.07 Å². The number of benzene rings is 1. The molecule has 0 aliphatic carbocycles. The first kappa shape index (κ1) is 30.0. The molecule has 1 N–H and O–H groups in total. The molecule has 0 aliphatic heterocycles. The van der Waals surface area contributed by atoms with Gasteiger partial charge in [-0.15, -0.1) is 0 Å². The Balaban J connectivity index is 2.55. The van der Waals surface area contributed by atoms with Gasteiger partial charge in [0.1, 0.15) is 5.75 Å². The van der Waals surface area contributed by atoms with Gasteiger partial charge in [0.2, 0.25) is 0 Å². The molecule has 0 fully saturated rings. The molecule has 0 bridgehead atoms. The maximum absolute atomic E-state index is 10.7. The third kappa shape index (κ3) is 14.1. The number of unbranched alkanes of at least 4 members (excludes halogenated alkanes) is 10. The van der Waals surface area contributed by atoms with Gasteiger partial charge in [-0.05, 0) is 57.7 Å². The Labute approximate surface area is 205 Å². The Kier molecular flexibility index (Phi) is 15.0. The van der Waals surface area contributed by atoms with Crippen LogP contribution in [0.25, 0.3) is 0 Å². The summed E-state index contributed by atoms with van der Waals surface area (Å²) in [7, 11) is 0. The van der Waals surface area contributed by atoms with Crippen molar-refractivity contribution in [2.45, 2.75) is 143 Å². The summed E-state index contributed by atoms with van der Waals surface area (Å²) in [5.74, 6) is 0.371. The monoisotopic (exact) mass is 462 g/mol. The summed E-state index contributed by atoms with van der Waals surface area (Å²) >= 11 is 0. The minimum Gasteiger partial charge on any atom is -0.508 e. The summed E-state index contributed by atoms with van der Waals surface area (Å²) in [5.41, 5.74) is 1.61. The van der Waals surface area contributed by atoms with Crippen LogP contribution >= 0.6 is 0 Å². The molecule has 192 valence electrons. The first-order chi connectivity index (χ1) is 15.7. The van der Waals surface area contributed by atoms with Crippen molar-refractivity contribution in [1.29, 1.82) is 0 Å². The molecule has 0 aromatic heterocycles. The van der Waals surface area contributed by atoms with Crippen LogP contribution in [0.15, 0.2) is 18.2 Å². The zero-order valence-electron chi connectivity index (χ0n) is 22.8. The quantitative estimate of drug-likeness (QED) is 0.197. The summed E-state index contributed by atoms with van der Waals surface area (Å²) in [6.45, 7) is 14.7. The summed E-state index contributed by atoms with van der Waals surface area (Å²) in [6.07, 6.45) is 16.7. The fourth-order valence-electron chi connectivity index (χ4n) is 4.44. The van der Waals surface area contributed by atoms with Crippen molar-refractivity contribution in [3.63, 3.8) is 0 Å². The molecule has 0 atom stereocenters. The van der Waals surface area contributed by atoms with Gasteiger partial charge in [0.15, 0.2) is 0 Å². The second kappa shape index (κ2) is 16.5. The molecule has 0 radical (unpaired) electrons. The highest BCUT2D eigenvalue weighted by Crippen LogP contribution is 2.31. The Hall–Kier alpha value is -1.06. The molecule has 33 heavy (non-hydrogen) atoms. The summed E-state index contributed by atoms with van der Waals surface area (Å²) in [5, 5.41) is 10.7. The molecule has 0 aliphatic rings. The minimum absolute atomic E-state index is 0.255. The Bertz CT molecular complexity index is 621. The van der Waals surface area contributed by atoms with Crippen molar-refractivity contribution >= 4 is 0 Å². The van der Waals surface area contributed by atoms with Gasteiger partial charge < -0.3 is 14.6 Å². The molecule has 1 aromatic carbocycles. The van der Waals surface area contributed by atoms with Crippen LogP contribution in [0.2, 0.25) is 0 Å². The molecule has 1 rings (SSSR count). The lowest BCUT2D eigenvalue weighted by molar-refractivity contribution is -0.0231. The lowest BCUT2D eigenvalue weighted by atomic mass is 9.88. The highest BCUT2D eigenvalue weighted by molar-refractivity contribution is 5.41. The molecular formula is C30H54O3. The first-order valence-electron chi connectivity index (χ1n) is 13.8. The smallest absolute Gasteiger partial charge is 0.119 e. The van der Waals surface area contributed by atoms with Gasteiger partial charge in [-0.25, -0.2) is 0 Å². The fraction of sp³-hybridized carbons (Fsp3) is 0.800. The van der Waals surface area contributed by atoms with E-state index in [1.165, 1.54) is 69.8 Å². The van der Waals surface area contributed by atoms with Crippen LogP contribution in [0.3, 0.4) is 0 Å². The van der Waals surface area contributed by atoms with Crippen LogP contribution in [0.1, 0.15) is 130 Å². The van der Waals surface area contributed by atoms with E-state index in [9.17, 15) is 5.11 Å². The van der Waals surface area contributed by atoms with Gasteiger partial charge in [-0.1, -0.05) is 90.2 Å². The van der Waals surface area contributed by atoms with Crippen molar-refractivity contribution in [3.8, 4) is 5.75 Å². The standard InChI is InChI=1S/C30H54O3/c1-7-9-11-13-15-17-22-32-29(3,4)24-26-20-19-21-28(31)27(26)25-30(5,6)33-23-18-16-14-12-10-8-2/h19-21,31H,7-18,22-25H2,1-6H3. The molecule has 0 saturated carbocycles. The zero-order chi connectivity index (χ0) is 24.6. The van der Waals surface area contributed by atoms with Crippen molar-refractivity contribution < 1.29 is 14.6 Å². The lowest BCUT2D eigenvalue weighted by Crippen LogP contribution is -2.31. The Morgan fingerprint density at radius 1 is 0.636 bits per heavy atom. The lowest BCUT2D eigenvalue weighted by Gasteiger charge is -2.30. The highest BCUT2D eigenvalue weighted by atomic mass is 16.5. The van der Waals surface area contributed by atoms with Gasteiger partial charge in [0.25, 0.3) is 0 Å². The van der Waals surface area contributed by atoms with E-state index in [1.54, 1.807) is 6.07 Å². The number of aromatic hydroxyl groups is 1. The van der Waals surface area contributed by atoms with Crippen LogP contribution in [-0.2, 0) is 22.3 Å². The van der Waals surface area contributed by atoms with Gasteiger partial charge in [-0.3, -0.25) is 0 Å². The molecule has 0 spiro atoms. The van der Waals surface area contributed by atoms with Crippen LogP contribution in [0, 0.1) is 0 Å². The van der Waals surface area contributed by atoms with E-state index in [4.69, 9.17) is 9.47 Å². The van der Waals surface area contributed by atoms with Gasteiger partial charge in [0, 0.05) is 26.1 Å². The number of phenolic OH excluding ortho intramolecular Hbond substituents is 1. The van der Waals surface area contributed by atoms with Crippen LogP contribution in [0.5, 0.6) is 5.75 Å². The van der Waals surface area contributed by atoms with Gasteiger partial charge >= 0.3 is 0 Å². The summed E-state index contributed by atoms with van der Waals surface area (Å²) in [4.78, 5) is 0. The largest absolute Gasteiger partial charge is 0.508 e. The van der Waals surface area contributed by atoms with Crippen molar-refractivity contribution in [1.82, 2.24) is 0 Å². The zero-order valence-corrected chi connectivity index (χ0v) is 22.8. The Morgan fingerprint density at radius 2 is 1.09 bits per heavy atom. The van der Waals surface area contributed by atoms with Crippen LogP contribution < -0.4 is 0 Å². The van der Waals surface area contributed by atoms with Crippen molar-refractivity contribution in [3.05, 3.63) is 29.3 Å². The third-order valence-electron chi connectivity index (χ3n) is 6.45. The molecule has 3 nitrogen and oxygen atoms in total. The van der Waals surface area contributed by atoms with Crippen molar-refractivity contribution in [2.75, 3.05) is 13.2 Å². The molecule has 0 heterocycles. The fourth-order valence-corrected chi connectivity index (χ4v) is 4.44. The number of phenols is 1. The van der Waals surface area contributed by atoms with E-state index in [-0.39, 0.29) is 11.2 Å². The second-order valence-corrected chi connectivity index (χ2v) is 11.0. The number of hydrogen-bond acceptors (Lipinski definition) is 3. The van der Waals surface area contributed by atoms with E-state index in [0.29, 0.717) is 12.2 Å². The normalized spacial score (nSPS) is 12.4. The maximum atomic E-state index is 10.7. The van der Waals surface area contributed by atoms with E-state index >= 15 is 0 Å². The van der Waals surface area contributed by atoms with E-state index < -0.39 is 0 Å². The summed E-state index contributed by atoms with van der Waals surface area (Å²) in [6, 6.07) is 5.88. The van der Waals surface area contributed by atoms with Crippen molar-refractivity contribution in [2.24, 2.45) is 0 Å². The SMILES string of the molecule is CCCCCCCCOC(C)(C)Cc1cccc(O)c1CC(C)(C)OCCCCCCCC. The number of ether oxygens (including phenoxy) is 2. The number of rotatable bonds is 20. The van der Waals surface area contributed by atoms with Gasteiger partial charge in [-0.2, -0.15) is 0 Å². The highest BCUT2D eigenvalue weighted by Gasteiger charge is 2.26. The third-order valence-corrected chi connectivity index (χ3v) is 6.45. The predicted octanol–water partition coefficient (Wildman–Crippen LogP) is 8.79. The second-order valence-electron chi connectivity index (χ2n) is 11.0. The van der Waals surface area contributed by atoms with Crippen LogP contribution in [-0.4, -0.2) is 29.5 Å². The molecule has 0 unspecified atom stereocenters. The van der Waals surface area contributed by atoms with E-state index in [2.05, 4.69) is 47.6 Å². The molecule has 1 aromatic rings. The maximum Gasteiger partial charge on any atom is 0.119 e. The average molecular weight is 463 g/mol. The first-order valence-corrected chi connectivity index (χ1v) is 13.8. The minimum atomic E-state index is -0.305.